The van der Waals surface area contributed by atoms with Crippen LogP contribution in [-0.2, 0) is 6.42 Å². The summed E-state index contributed by atoms with van der Waals surface area (Å²) >= 11 is 0. The largest absolute Gasteiger partial charge is 0.504 e. The second-order valence-electron chi connectivity index (χ2n) is 3.68. The number of rotatable bonds is 4. The second-order valence-corrected chi connectivity index (χ2v) is 3.68. The highest BCUT2D eigenvalue weighted by Gasteiger charge is 2.00. The summed E-state index contributed by atoms with van der Waals surface area (Å²) in [6.07, 6.45) is 0.853. The van der Waals surface area contributed by atoms with Gasteiger partial charge in [-0.1, -0.05) is 19.9 Å². The van der Waals surface area contributed by atoms with Crippen molar-refractivity contribution in [3.8, 4) is 11.5 Å². The van der Waals surface area contributed by atoms with E-state index in [1.54, 1.807) is 6.07 Å². The van der Waals surface area contributed by atoms with Crippen molar-refractivity contribution in [1.82, 2.24) is 5.32 Å². The summed E-state index contributed by atoms with van der Waals surface area (Å²) in [5, 5.41) is 21.6. The summed E-state index contributed by atoms with van der Waals surface area (Å²) in [5.74, 6) is -0.113. The van der Waals surface area contributed by atoms with Crippen molar-refractivity contribution in [2.24, 2.45) is 0 Å². The minimum atomic E-state index is -0.0643. The lowest BCUT2D eigenvalue weighted by Gasteiger charge is -2.08. The monoisotopic (exact) mass is 229 g/mol. The Morgan fingerprint density at radius 2 is 1.87 bits per heavy atom. The third-order valence-electron chi connectivity index (χ3n) is 2.01. The summed E-state index contributed by atoms with van der Waals surface area (Å²) < 4.78 is 0. The van der Waals surface area contributed by atoms with Crippen LogP contribution in [0.1, 0.15) is 19.4 Å². The van der Waals surface area contributed by atoms with Crippen LogP contribution in [-0.4, -0.2) is 22.8 Å². The first-order valence-corrected chi connectivity index (χ1v) is 4.84. The average Bonchev–Trinajstić information content (AvgIpc) is 2.10. The van der Waals surface area contributed by atoms with E-state index in [1.165, 1.54) is 6.07 Å². The maximum atomic E-state index is 9.24. The van der Waals surface area contributed by atoms with E-state index in [0.717, 1.165) is 18.5 Å². The predicted molar refractivity (Wildman–Crippen MR) is 67.7 cm³/mol. The molecule has 0 amide bonds. The van der Waals surface area contributed by atoms with Crippen LogP contribution in [0.5, 0.6) is 11.5 Å². The summed E-state index contributed by atoms with van der Waals surface area (Å²) in [6, 6.07) is 5.40. The average molecular weight is 229 g/mol. The maximum absolute atomic E-state index is 9.24. The van der Waals surface area contributed by atoms with Crippen LogP contribution in [0.4, 0.5) is 0 Å². The van der Waals surface area contributed by atoms with Crippen molar-refractivity contribution in [2.75, 3.05) is 6.54 Å². The first-order valence-electron chi connectivity index (χ1n) is 4.84. The lowest BCUT2D eigenvalue weighted by molar-refractivity contribution is 0.403. The molecule has 3 N–H and O–H groups in total. The fourth-order valence-corrected chi connectivity index (χ4v) is 1.23. The highest BCUT2D eigenvalue weighted by atomic mass is 31.0. The standard InChI is InChI=1S/C11H17NO2.H3P/c1-8(2)12-6-5-9-3-4-10(13)11(14)7-9;/h3-4,7-8,12-14H,5-6H2,1-2H3;1H3. The zero-order valence-electron chi connectivity index (χ0n) is 9.33. The molecule has 0 fully saturated rings. The molecule has 0 aliphatic heterocycles. The number of phenolic OH excluding ortho intramolecular Hbond substituents is 2. The van der Waals surface area contributed by atoms with Crippen molar-refractivity contribution in [2.45, 2.75) is 26.3 Å². The van der Waals surface area contributed by atoms with Gasteiger partial charge in [0, 0.05) is 6.04 Å². The van der Waals surface area contributed by atoms with Crippen molar-refractivity contribution in [3.05, 3.63) is 23.8 Å². The van der Waals surface area contributed by atoms with E-state index >= 15 is 0 Å². The lowest BCUT2D eigenvalue weighted by Crippen LogP contribution is -2.24. The molecule has 0 saturated heterocycles. The number of benzene rings is 1. The minimum absolute atomic E-state index is 0. The summed E-state index contributed by atoms with van der Waals surface area (Å²) in [7, 11) is 0. The Morgan fingerprint density at radius 3 is 2.40 bits per heavy atom. The van der Waals surface area contributed by atoms with Crippen molar-refractivity contribution < 1.29 is 10.2 Å². The molecule has 0 bridgehead atoms. The van der Waals surface area contributed by atoms with Crippen molar-refractivity contribution >= 4 is 9.90 Å². The van der Waals surface area contributed by atoms with Crippen LogP contribution in [0.3, 0.4) is 0 Å². The minimum Gasteiger partial charge on any atom is -0.504 e. The molecule has 1 rings (SSSR count). The Morgan fingerprint density at radius 1 is 1.20 bits per heavy atom. The number of nitrogens with one attached hydrogen (secondary N) is 1. The first-order chi connectivity index (χ1) is 6.59. The molecule has 1 unspecified atom stereocenters. The molecule has 0 aliphatic carbocycles. The second kappa shape index (κ2) is 6.65. The molecule has 0 spiro atoms. The SMILES string of the molecule is CC(C)NCCc1ccc(O)c(O)c1.P. The van der Waals surface area contributed by atoms with Crippen LogP contribution < -0.4 is 5.32 Å². The lowest BCUT2D eigenvalue weighted by atomic mass is 10.1. The molecule has 1 aromatic rings. The van der Waals surface area contributed by atoms with Crippen molar-refractivity contribution in [3.63, 3.8) is 0 Å². The van der Waals surface area contributed by atoms with E-state index in [4.69, 9.17) is 5.11 Å². The first kappa shape index (κ1) is 14.2. The third-order valence-corrected chi connectivity index (χ3v) is 2.01. The van der Waals surface area contributed by atoms with Crippen LogP contribution in [0.25, 0.3) is 0 Å². The Kier molecular flexibility index (Phi) is 6.30. The van der Waals surface area contributed by atoms with Gasteiger partial charge in [-0.3, -0.25) is 0 Å². The van der Waals surface area contributed by atoms with E-state index in [0.29, 0.717) is 6.04 Å². The van der Waals surface area contributed by atoms with Crippen LogP contribution in [0.15, 0.2) is 18.2 Å². The molecule has 0 aromatic heterocycles. The van der Waals surface area contributed by atoms with Crippen LogP contribution >= 0.6 is 9.90 Å². The van der Waals surface area contributed by atoms with Gasteiger partial charge in [0.15, 0.2) is 11.5 Å². The van der Waals surface area contributed by atoms with E-state index in [1.807, 2.05) is 6.07 Å². The maximum Gasteiger partial charge on any atom is 0.157 e. The Labute approximate surface area is 94.1 Å². The number of phenols is 2. The molecule has 0 aliphatic rings. The summed E-state index contributed by atoms with van der Waals surface area (Å²) in [5.41, 5.74) is 1.02. The van der Waals surface area contributed by atoms with Gasteiger partial charge in [-0.05, 0) is 30.7 Å². The van der Waals surface area contributed by atoms with E-state index < -0.39 is 0 Å². The van der Waals surface area contributed by atoms with E-state index in [2.05, 4.69) is 19.2 Å². The number of hydrogen-bond acceptors (Lipinski definition) is 3. The van der Waals surface area contributed by atoms with Gasteiger partial charge in [-0.15, -0.1) is 0 Å². The molecule has 0 heterocycles. The topological polar surface area (TPSA) is 52.5 Å². The highest BCUT2D eigenvalue weighted by molar-refractivity contribution is 6.92. The van der Waals surface area contributed by atoms with Crippen LogP contribution in [0, 0.1) is 0 Å². The molecular formula is C11H20NO2P. The number of hydrogen-bond donors (Lipinski definition) is 3. The highest BCUT2D eigenvalue weighted by Crippen LogP contribution is 2.24. The summed E-state index contributed by atoms with van der Waals surface area (Å²) in [4.78, 5) is 0. The molecular weight excluding hydrogens is 209 g/mol. The van der Waals surface area contributed by atoms with Gasteiger partial charge in [-0.25, -0.2) is 0 Å². The Hall–Kier alpha value is -0.790. The smallest absolute Gasteiger partial charge is 0.157 e. The van der Waals surface area contributed by atoms with Gasteiger partial charge in [0.1, 0.15) is 0 Å². The quantitative estimate of drug-likeness (QED) is 0.544. The van der Waals surface area contributed by atoms with E-state index in [-0.39, 0.29) is 21.4 Å². The molecule has 1 aromatic carbocycles. The van der Waals surface area contributed by atoms with E-state index in [9.17, 15) is 5.11 Å². The van der Waals surface area contributed by atoms with Gasteiger partial charge in [-0.2, -0.15) is 9.90 Å². The van der Waals surface area contributed by atoms with Gasteiger partial charge in [0.2, 0.25) is 0 Å². The zero-order valence-corrected chi connectivity index (χ0v) is 10.7. The van der Waals surface area contributed by atoms with Gasteiger partial charge >= 0.3 is 0 Å². The molecule has 0 saturated carbocycles. The zero-order chi connectivity index (χ0) is 10.6. The van der Waals surface area contributed by atoms with Gasteiger partial charge in [0.25, 0.3) is 0 Å². The third kappa shape index (κ3) is 5.01. The van der Waals surface area contributed by atoms with Gasteiger partial charge < -0.3 is 15.5 Å². The summed E-state index contributed by atoms with van der Waals surface area (Å²) in [6.45, 7) is 5.06. The van der Waals surface area contributed by atoms with Gasteiger partial charge in [0.05, 0.1) is 0 Å². The van der Waals surface area contributed by atoms with Crippen LogP contribution in [0.2, 0.25) is 0 Å². The molecule has 3 nitrogen and oxygen atoms in total. The normalized spacial score (nSPS) is 10.1. The predicted octanol–water partition coefficient (Wildman–Crippen LogP) is 1.70. The molecule has 4 heteroatoms. The number of aromatic hydroxyl groups is 2. The van der Waals surface area contributed by atoms with Crippen molar-refractivity contribution in [1.29, 1.82) is 0 Å². The molecule has 0 radical (unpaired) electrons. The molecule has 86 valence electrons. The fraction of sp³-hybridized carbons (Fsp3) is 0.455. The fourth-order valence-electron chi connectivity index (χ4n) is 1.23. The molecule has 15 heavy (non-hydrogen) atoms. The molecule has 1 atom stereocenters. The Bertz CT molecular complexity index is 303. The Balaban J connectivity index is 0.00000196.